The molecule has 2 rings (SSSR count). The monoisotopic (exact) mass is 203 g/mol. The lowest BCUT2D eigenvalue weighted by molar-refractivity contribution is 0.117. The predicted octanol–water partition coefficient (Wildman–Crippen LogP) is 2.34. The van der Waals surface area contributed by atoms with Crippen LogP contribution in [-0.4, -0.2) is 18.9 Å². The second-order valence-electron chi connectivity index (χ2n) is 3.32. The molecule has 0 fully saturated rings. The summed E-state index contributed by atoms with van der Waals surface area (Å²) in [4.78, 5) is 5.24. The van der Waals surface area contributed by atoms with Gasteiger partial charge in [0.15, 0.2) is 6.10 Å². The van der Waals surface area contributed by atoms with Crippen molar-refractivity contribution in [3.63, 3.8) is 0 Å². The van der Waals surface area contributed by atoms with Crippen LogP contribution < -0.4 is 0 Å². The van der Waals surface area contributed by atoms with Gasteiger partial charge >= 0.3 is 0 Å². The fourth-order valence-corrected chi connectivity index (χ4v) is 1.47. The minimum atomic E-state index is 0.000145. The van der Waals surface area contributed by atoms with Crippen LogP contribution in [0.15, 0.2) is 47.8 Å². The molecular weight excluding hydrogens is 190 g/mol. The molecule has 0 radical (unpaired) electrons. The van der Waals surface area contributed by atoms with Gasteiger partial charge in [0.25, 0.3) is 0 Å². The third kappa shape index (κ3) is 2.37. The molecule has 78 valence electrons. The average Bonchev–Trinajstić information content (AvgIpc) is 2.76. The molecule has 0 spiro atoms. The molecule has 0 amide bonds. The molecule has 1 atom stereocenters. The van der Waals surface area contributed by atoms with E-state index in [2.05, 4.69) is 5.16 Å². The van der Waals surface area contributed by atoms with Crippen molar-refractivity contribution in [2.24, 2.45) is 5.16 Å². The van der Waals surface area contributed by atoms with E-state index < -0.39 is 0 Å². The number of rotatable bonds is 3. The average molecular weight is 203 g/mol. The molecule has 0 saturated carbocycles. The Balaban J connectivity index is 2.01. The van der Waals surface area contributed by atoms with Gasteiger partial charge in [-0.25, -0.2) is 0 Å². The highest BCUT2D eigenvalue weighted by atomic mass is 16.6. The summed E-state index contributed by atoms with van der Waals surface area (Å²) >= 11 is 0. The highest BCUT2D eigenvalue weighted by Crippen LogP contribution is 2.17. The Bertz CT molecular complexity index is 370. The summed E-state index contributed by atoms with van der Waals surface area (Å²) in [5.41, 5.74) is 2.10. The lowest BCUT2D eigenvalue weighted by Crippen LogP contribution is -2.04. The molecule has 0 saturated heterocycles. The van der Waals surface area contributed by atoms with E-state index in [9.17, 15) is 0 Å². The number of oxime groups is 1. The Morgan fingerprint density at radius 2 is 2.20 bits per heavy atom. The zero-order valence-electron chi connectivity index (χ0n) is 8.59. The second-order valence-corrected chi connectivity index (χ2v) is 3.32. The van der Waals surface area contributed by atoms with Crippen molar-refractivity contribution in [1.29, 1.82) is 0 Å². The standard InChI is InChI=1S/C12H13NO2/c1-14-8-7-11-9-12(13-15-11)10-5-3-2-4-6-10/h2-8,11H,9H2,1H3. The maximum Gasteiger partial charge on any atom is 0.154 e. The van der Waals surface area contributed by atoms with Crippen molar-refractivity contribution in [2.45, 2.75) is 12.5 Å². The van der Waals surface area contributed by atoms with Crippen molar-refractivity contribution in [1.82, 2.24) is 0 Å². The van der Waals surface area contributed by atoms with Gasteiger partial charge in [-0.3, -0.25) is 0 Å². The summed E-state index contributed by atoms with van der Waals surface area (Å²) in [5, 5.41) is 4.05. The molecule has 1 unspecified atom stereocenters. The van der Waals surface area contributed by atoms with Gasteiger partial charge in [-0.1, -0.05) is 35.5 Å². The summed E-state index contributed by atoms with van der Waals surface area (Å²) in [6.45, 7) is 0. The Hall–Kier alpha value is -1.77. The van der Waals surface area contributed by atoms with Crippen LogP contribution in [0.5, 0.6) is 0 Å². The van der Waals surface area contributed by atoms with Crippen molar-refractivity contribution in [3.05, 3.63) is 48.2 Å². The molecule has 1 aliphatic heterocycles. The lowest BCUT2D eigenvalue weighted by Gasteiger charge is -2.00. The first-order chi connectivity index (χ1) is 7.40. The summed E-state index contributed by atoms with van der Waals surface area (Å²) in [7, 11) is 1.62. The first-order valence-electron chi connectivity index (χ1n) is 4.87. The quantitative estimate of drug-likeness (QED) is 0.706. The van der Waals surface area contributed by atoms with E-state index in [1.54, 1.807) is 13.4 Å². The van der Waals surface area contributed by atoms with E-state index >= 15 is 0 Å². The molecule has 1 aliphatic rings. The van der Waals surface area contributed by atoms with Crippen LogP contribution in [0.3, 0.4) is 0 Å². The maximum absolute atomic E-state index is 5.24. The zero-order valence-corrected chi connectivity index (χ0v) is 8.59. The van der Waals surface area contributed by atoms with Gasteiger partial charge in [0.2, 0.25) is 0 Å². The summed E-state index contributed by atoms with van der Waals surface area (Å²) in [6, 6.07) is 10.0. The first-order valence-corrected chi connectivity index (χ1v) is 4.87. The molecule has 1 heterocycles. The number of ether oxygens (including phenoxy) is 1. The molecule has 15 heavy (non-hydrogen) atoms. The van der Waals surface area contributed by atoms with Crippen LogP contribution in [-0.2, 0) is 9.57 Å². The summed E-state index contributed by atoms with van der Waals surface area (Å²) in [5.74, 6) is 0. The molecule has 0 bridgehead atoms. The van der Waals surface area contributed by atoms with Gasteiger partial charge in [0, 0.05) is 6.42 Å². The van der Waals surface area contributed by atoms with Crippen molar-refractivity contribution < 1.29 is 9.57 Å². The van der Waals surface area contributed by atoms with E-state index in [-0.39, 0.29) is 6.10 Å². The molecule has 0 aliphatic carbocycles. The van der Waals surface area contributed by atoms with E-state index in [4.69, 9.17) is 9.57 Å². The Morgan fingerprint density at radius 1 is 1.40 bits per heavy atom. The van der Waals surface area contributed by atoms with Crippen LogP contribution in [0.25, 0.3) is 0 Å². The molecule has 1 aromatic carbocycles. The number of benzene rings is 1. The molecule has 3 nitrogen and oxygen atoms in total. The second kappa shape index (κ2) is 4.64. The zero-order chi connectivity index (χ0) is 10.5. The molecular formula is C12H13NO2. The Morgan fingerprint density at radius 3 is 2.93 bits per heavy atom. The SMILES string of the molecule is COC=CC1CC(c2ccccc2)=NO1. The smallest absolute Gasteiger partial charge is 0.154 e. The van der Waals surface area contributed by atoms with Crippen LogP contribution in [0.4, 0.5) is 0 Å². The normalized spacial score (nSPS) is 20.1. The van der Waals surface area contributed by atoms with E-state index in [0.29, 0.717) is 0 Å². The number of hydrogen-bond acceptors (Lipinski definition) is 3. The largest absolute Gasteiger partial charge is 0.505 e. The highest BCUT2D eigenvalue weighted by Gasteiger charge is 2.19. The van der Waals surface area contributed by atoms with E-state index in [1.165, 1.54) is 0 Å². The molecule has 0 N–H and O–H groups in total. The molecule has 0 aromatic heterocycles. The third-order valence-corrected chi connectivity index (χ3v) is 2.23. The van der Waals surface area contributed by atoms with Gasteiger partial charge < -0.3 is 9.57 Å². The molecule has 1 aromatic rings. The number of hydrogen-bond donors (Lipinski definition) is 0. The fourth-order valence-electron chi connectivity index (χ4n) is 1.47. The first kappa shape index (κ1) is 9.77. The Kier molecular flexibility index (Phi) is 3.02. The van der Waals surface area contributed by atoms with Gasteiger partial charge in [-0.15, -0.1) is 0 Å². The van der Waals surface area contributed by atoms with E-state index in [0.717, 1.165) is 17.7 Å². The number of methoxy groups -OCH3 is 1. The summed E-state index contributed by atoms with van der Waals surface area (Å²) < 4.78 is 4.83. The maximum atomic E-state index is 5.24. The van der Waals surface area contributed by atoms with E-state index in [1.807, 2.05) is 36.4 Å². The topological polar surface area (TPSA) is 30.8 Å². The van der Waals surface area contributed by atoms with Crippen LogP contribution >= 0.6 is 0 Å². The Labute approximate surface area is 89.0 Å². The lowest BCUT2D eigenvalue weighted by atomic mass is 10.1. The van der Waals surface area contributed by atoms with Crippen LogP contribution in [0, 0.1) is 0 Å². The summed E-state index contributed by atoms with van der Waals surface area (Å²) in [6.07, 6.45) is 4.28. The van der Waals surface area contributed by atoms with Gasteiger partial charge in [-0.2, -0.15) is 0 Å². The van der Waals surface area contributed by atoms with Crippen molar-refractivity contribution >= 4 is 5.71 Å². The minimum Gasteiger partial charge on any atom is -0.505 e. The van der Waals surface area contributed by atoms with Crippen molar-refractivity contribution in [3.8, 4) is 0 Å². The van der Waals surface area contributed by atoms with Crippen molar-refractivity contribution in [2.75, 3.05) is 7.11 Å². The molecule has 3 heteroatoms. The van der Waals surface area contributed by atoms with Gasteiger partial charge in [0.05, 0.1) is 19.1 Å². The number of nitrogens with zero attached hydrogens (tertiary/aromatic N) is 1. The van der Waals surface area contributed by atoms with Gasteiger partial charge in [0.1, 0.15) is 0 Å². The van der Waals surface area contributed by atoms with Crippen LogP contribution in [0.1, 0.15) is 12.0 Å². The fraction of sp³-hybridized carbons (Fsp3) is 0.250. The predicted molar refractivity (Wildman–Crippen MR) is 58.6 cm³/mol. The minimum absolute atomic E-state index is 0.000145. The highest BCUT2D eigenvalue weighted by molar-refractivity contribution is 6.01. The van der Waals surface area contributed by atoms with Crippen LogP contribution in [0.2, 0.25) is 0 Å². The third-order valence-electron chi connectivity index (χ3n) is 2.23. The van der Waals surface area contributed by atoms with Gasteiger partial charge in [-0.05, 0) is 11.6 Å².